The van der Waals surface area contributed by atoms with Gasteiger partial charge in [-0.25, -0.2) is 4.79 Å². The molecule has 2 aromatic carbocycles. The zero-order chi connectivity index (χ0) is 29.1. The van der Waals surface area contributed by atoms with Gasteiger partial charge in [0.2, 0.25) is 5.91 Å². The van der Waals surface area contributed by atoms with Crippen LogP contribution in [0.3, 0.4) is 0 Å². The zero-order valence-electron chi connectivity index (χ0n) is 22.3. The number of hydrogen-bond donors (Lipinski definition) is 2. The van der Waals surface area contributed by atoms with E-state index >= 15 is 0 Å². The molecule has 216 valence electrons. The molecule has 2 N–H and O–H groups in total. The molecule has 41 heavy (non-hydrogen) atoms. The van der Waals surface area contributed by atoms with E-state index in [-0.39, 0.29) is 37.1 Å². The molecule has 0 aliphatic carbocycles. The van der Waals surface area contributed by atoms with Crippen molar-refractivity contribution in [3.63, 3.8) is 0 Å². The molecular weight excluding hydrogens is 537 g/mol. The third kappa shape index (κ3) is 6.00. The van der Waals surface area contributed by atoms with E-state index in [1.165, 1.54) is 28.0 Å². The molecule has 1 saturated heterocycles. The molecule has 3 atom stereocenters. The van der Waals surface area contributed by atoms with Crippen LogP contribution < -0.4 is 10.6 Å². The summed E-state index contributed by atoms with van der Waals surface area (Å²) in [6.45, 7) is 4.76. The third-order valence-electron chi connectivity index (χ3n) is 7.61. The van der Waals surface area contributed by atoms with Crippen LogP contribution in [0.1, 0.15) is 35.6 Å². The van der Waals surface area contributed by atoms with Crippen LogP contribution in [0, 0.1) is 0 Å². The number of alkyl halides is 3. The maximum absolute atomic E-state index is 14.1. The number of ether oxygens (including phenoxy) is 1. The molecule has 2 aromatic rings. The van der Waals surface area contributed by atoms with E-state index < -0.39 is 35.8 Å². The Labute approximate surface area is 235 Å². The van der Waals surface area contributed by atoms with Gasteiger partial charge in [-0.05, 0) is 36.1 Å². The lowest BCUT2D eigenvalue weighted by Crippen LogP contribution is -2.51. The molecule has 1 fully saturated rings. The number of rotatable bonds is 9. The zero-order valence-corrected chi connectivity index (χ0v) is 22.3. The number of carbonyl (C=O) groups excluding carboxylic acids is 3. The molecule has 0 saturated carbocycles. The maximum atomic E-state index is 14.1. The Kier molecular flexibility index (Phi) is 8.16. The van der Waals surface area contributed by atoms with Crippen LogP contribution in [0.2, 0.25) is 0 Å². The minimum absolute atomic E-state index is 0.0165. The second-order valence-corrected chi connectivity index (χ2v) is 10.3. The van der Waals surface area contributed by atoms with E-state index in [2.05, 4.69) is 17.2 Å². The molecule has 3 aliphatic rings. The second-order valence-electron chi connectivity index (χ2n) is 10.3. The van der Waals surface area contributed by atoms with Crippen LogP contribution in [0.5, 0.6) is 0 Å². The van der Waals surface area contributed by atoms with Gasteiger partial charge in [0.1, 0.15) is 6.04 Å². The second kappa shape index (κ2) is 11.8. The highest BCUT2D eigenvalue weighted by atomic mass is 19.4. The van der Waals surface area contributed by atoms with Crippen molar-refractivity contribution in [3.8, 4) is 0 Å². The molecule has 3 aliphatic heterocycles. The molecule has 8 nitrogen and oxygen atoms in total. The Balaban J connectivity index is 1.47. The number of amides is 4. The summed E-state index contributed by atoms with van der Waals surface area (Å²) in [4.78, 5) is 43.6. The van der Waals surface area contributed by atoms with Gasteiger partial charge in [0.05, 0.1) is 35.5 Å². The predicted octanol–water partition coefficient (Wildman–Crippen LogP) is 3.96. The summed E-state index contributed by atoms with van der Waals surface area (Å²) in [6.07, 6.45) is -1.11. The van der Waals surface area contributed by atoms with Gasteiger partial charge >= 0.3 is 12.2 Å². The van der Waals surface area contributed by atoms with Gasteiger partial charge in [-0.2, -0.15) is 13.2 Å². The molecule has 5 rings (SSSR count). The molecule has 11 heteroatoms. The van der Waals surface area contributed by atoms with Gasteiger partial charge < -0.3 is 20.3 Å². The lowest BCUT2D eigenvalue weighted by atomic mass is 9.94. The average Bonchev–Trinajstić information content (AvgIpc) is 3.60. The number of carbonyl (C=O) groups is 3. The van der Waals surface area contributed by atoms with Crippen molar-refractivity contribution in [3.05, 3.63) is 95.2 Å². The Morgan fingerprint density at radius 3 is 2.51 bits per heavy atom. The fraction of sp³-hybridized carbons (Fsp3) is 0.367. The van der Waals surface area contributed by atoms with Crippen molar-refractivity contribution >= 4 is 17.8 Å². The first kappa shape index (κ1) is 28.4. The monoisotopic (exact) mass is 568 g/mol. The fourth-order valence-corrected chi connectivity index (χ4v) is 5.52. The lowest BCUT2D eigenvalue weighted by Gasteiger charge is -2.33. The highest BCUT2D eigenvalue weighted by Crippen LogP contribution is 2.38. The number of halogens is 3. The molecule has 0 spiro atoms. The van der Waals surface area contributed by atoms with E-state index in [1.807, 2.05) is 30.3 Å². The topological polar surface area (TPSA) is 91.0 Å². The fourth-order valence-electron chi connectivity index (χ4n) is 5.52. The van der Waals surface area contributed by atoms with Crippen LogP contribution in [0.4, 0.5) is 18.0 Å². The minimum Gasteiger partial charge on any atom is -0.376 e. The van der Waals surface area contributed by atoms with Crippen molar-refractivity contribution in [2.24, 2.45) is 0 Å². The number of urea groups is 1. The molecule has 0 radical (unpaired) electrons. The van der Waals surface area contributed by atoms with Gasteiger partial charge in [-0.15, -0.1) is 6.58 Å². The number of nitrogens with zero attached hydrogens (tertiary/aromatic N) is 2. The maximum Gasteiger partial charge on any atom is 0.416 e. The highest BCUT2D eigenvalue weighted by molar-refractivity contribution is 6.03. The van der Waals surface area contributed by atoms with Gasteiger partial charge in [-0.1, -0.05) is 48.5 Å². The summed E-state index contributed by atoms with van der Waals surface area (Å²) in [5, 5.41) is 5.70. The van der Waals surface area contributed by atoms with Gasteiger partial charge in [-0.3, -0.25) is 14.5 Å². The van der Waals surface area contributed by atoms with Crippen molar-refractivity contribution < 1.29 is 32.3 Å². The average molecular weight is 569 g/mol. The van der Waals surface area contributed by atoms with Crippen LogP contribution in [0.15, 0.2) is 78.5 Å². The third-order valence-corrected chi connectivity index (χ3v) is 7.61. The van der Waals surface area contributed by atoms with Gasteiger partial charge in [0.15, 0.2) is 0 Å². The SMILES string of the molecule is C=CCN1C(=O)N[C@H](c2ccc(C(F)(F)F)cc2)C2=C1CN([C@@H](Cc1ccccc1)C(=O)NC[C@H]1CCCO1)C2=O. The van der Waals surface area contributed by atoms with Crippen LogP contribution in [-0.2, 0) is 26.9 Å². The van der Waals surface area contributed by atoms with E-state index in [4.69, 9.17) is 4.74 Å². The summed E-state index contributed by atoms with van der Waals surface area (Å²) >= 11 is 0. The van der Waals surface area contributed by atoms with E-state index in [1.54, 1.807) is 0 Å². The van der Waals surface area contributed by atoms with Crippen LogP contribution in [0.25, 0.3) is 0 Å². The van der Waals surface area contributed by atoms with Crippen molar-refractivity contribution in [1.29, 1.82) is 0 Å². The first-order chi connectivity index (χ1) is 19.7. The van der Waals surface area contributed by atoms with Gasteiger partial charge in [0.25, 0.3) is 5.91 Å². The lowest BCUT2D eigenvalue weighted by molar-refractivity contribution is -0.137. The van der Waals surface area contributed by atoms with E-state index in [9.17, 15) is 27.6 Å². The largest absolute Gasteiger partial charge is 0.416 e. The Morgan fingerprint density at radius 2 is 1.88 bits per heavy atom. The number of nitrogens with one attached hydrogen (secondary N) is 2. The van der Waals surface area contributed by atoms with E-state index in [0.717, 1.165) is 30.5 Å². The van der Waals surface area contributed by atoms with Crippen molar-refractivity contribution in [1.82, 2.24) is 20.4 Å². The summed E-state index contributed by atoms with van der Waals surface area (Å²) in [5.74, 6) is -0.814. The van der Waals surface area contributed by atoms with Crippen molar-refractivity contribution in [2.45, 2.75) is 43.6 Å². The van der Waals surface area contributed by atoms with Crippen LogP contribution in [-0.4, -0.2) is 66.0 Å². The normalized spacial score (nSPS) is 21.5. The first-order valence-electron chi connectivity index (χ1n) is 13.5. The summed E-state index contributed by atoms with van der Waals surface area (Å²) < 4.78 is 45.2. The molecular formula is C30H31F3N4O4. The Bertz CT molecular complexity index is 1340. The molecule has 4 amide bonds. The van der Waals surface area contributed by atoms with E-state index in [0.29, 0.717) is 24.4 Å². The highest BCUT2D eigenvalue weighted by Gasteiger charge is 2.47. The number of hydrogen-bond acceptors (Lipinski definition) is 4. The summed E-state index contributed by atoms with van der Waals surface area (Å²) in [7, 11) is 0. The first-order valence-corrected chi connectivity index (χ1v) is 13.5. The number of benzene rings is 2. The predicted molar refractivity (Wildman–Crippen MR) is 144 cm³/mol. The van der Waals surface area contributed by atoms with Gasteiger partial charge in [0, 0.05) is 26.1 Å². The standard InChI is InChI=1S/C30H31F3N4O4/c1-2-14-36-24-18-37(23(16-19-7-4-3-5-8-19)27(38)34-17-22-9-6-15-41-22)28(39)25(24)26(35-29(36)40)20-10-12-21(13-11-20)30(31,32)33/h2-5,7-8,10-13,22-23,26H,1,6,9,14-18H2,(H,34,38)(H,35,40)/t22-,23+,26-/m1/s1. The Hall–Kier alpha value is -4.12. The quantitative estimate of drug-likeness (QED) is 0.448. The smallest absolute Gasteiger partial charge is 0.376 e. The Morgan fingerprint density at radius 1 is 1.15 bits per heavy atom. The van der Waals surface area contributed by atoms with Crippen LogP contribution >= 0.6 is 0 Å². The van der Waals surface area contributed by atoms with Crippen molar-refractivity contribution in [2.75, 3.05) is 26.2 Å². The summed E-state index contributed by atoms with van der Waals surface area (Å²) in [6, 6.07) is 11.3. The molecule has 0 unspecified atom stereocenters. The molecule has 3 heterocycles. The molecule has 0 bridgehead atoms. The summed E-state index contributed by atoms with van der Waals surface area (Å²) in [5.41, 5.74) is 0.953. The molecule has 0 aromatic heterocycles. The minimum atomic E-state index is -4.53.